The molecule has 6 nitrogen and oxygen atoms in total. The summed E-state index contributed by atoms with van der Waals surface area (Å²) in [6, 6.07) is 3.86. The highest BCUT2D eigenvalue weighted by molar-refractivity contribution is 9.11. The van der Waals surface area contributed by atoms with E-state index in [0.29, 0.717) is 11.1 Å². The highest BCUT2D eigenvalue weighted by atomic mass is 79.9. The van der Waals surface area contributed by atoms with Gasteiger partial charge in [-0.2, -0.15) is 5.10 Å². The normalized spacial score (nSPS) is 12.0. The third kappa shape index (κ3) is 3.92. The number of amides is 1. The van der Waals surface area contributed by atoms with Crippen LogP contribution in [-0.2, 0) is 11.8 Å². The highest BCUT2D eigenvalue weighted by Gasteiger charge is 2.24. The van der Waals surface area contributed by atoms with Gasteiger partial charge in [-0.1, -0.05) is 31.9 Å². The largest absolute Gasteiger partial charge is 0.479 e. The van der Waals surface area contributed by atoms with E-state index < -0.39 is 17.9 Å². The van der Waals surface area contributed by atoms with Crippen LogP contribution in [0.25, 0.3) is 0 Å². The van der Waals surface area contributed by atoms with Crippen molar-refractivity contribution in [2.75, 3.05) is 0 Å². The van der Waals surface area contributed by atoms with Crippen molar-refractivity contribution in [3.05, 3.63) is 50.7 Å². The van der Waals surface area contributed by atoms with Gasteiger partial charge in [0.25, 0.3) is 5.91 Å². The summed E-state index contributed by atoms with van der Waals surface area (Å²) in [5.74, 6) is -1.63. The van der Waals surface area contributed by atoms with Crippen molar-refractivity contribution in [2.45, 2.75) is 6.04 Å². The summed E-state index contributed by atoms with van der Waals surface area (Å²) in [7, 11) is 1.68. The number of carboxylic acid groups (broad SMARTS) is 1. The van der Waals surface area contributed by atoms with Gasteiger partial charge in [-0.05, 0) is 18.2 Å². The van der Waals surface area contributed by atoms with Crippen molar-refractivity contribution in [1.29, 1.82) is 0 Å². The monoisotopic (exact) mass is 415 g/mol. The molecule has 1 aromatic heterocycles. The number of carboxylic acids is 1. The van der Waals surface area contributed by atoms with Crippen LogP contribution in [0.3, 0.4) is 0 Å². The zero-order chi connectivity index (χ0) is 15.6. The first-order chi connectivity index (χ1) is 9.86. The molecule has 1 amide bonds. The first-order valence-corrected chi connectivity index (χ1v) is 7.43. The minimum Gasteiger partial charge on any atom is -0.479 e. The molecule has 1 aromatic carbocycles. The Kier molecular flexibility index (Phi) is 4.79. The van der Waals surface area contributed by atoms with Gasteiger partial charge in [-0.15, -0.1) is 0 Å². The van der Waals surface area contributed by atoms with Crippen molar-refractivity contribution in [3.63, 3.8) is 0 Å². The number of hydrogen-bond acceptors (Lipinski definition) is 3. The van der Waals surface area contributed by atoms with Gasteiger partial charge in [0, 0.05) is 33.3 Å². The van der Waals surface area contributed by atoms with Gasteiger partial charge in [0.15, 0.2) is 6.04 Å². The molecular formula is C13H11Br2N3O3. The molecule has 0 radical (unpaired) electrons. The molecule has 0 saturated heterocycles. The number of aryl methyl sites for hydroxylation is 1. The lowest BCUT2D eigenvalue weighted by Gasteiger charge is -2.13. The fraction of sp³-hybridized carbons (Fsp3) is 0.154. The molecule has 0 saturated carbocycles. The van der Waals surface area contributed by atoms with Gasteiger partial charge >= 0.3 is 5.97 Å². The van der Waals surface area contributed by atoms with E-state index in [-0.39, 0.29) is 0 Å². The molecule has 0 aliphatic carbocycles. The van der Waals surface area contributed by atoms with Crippen LogP contribution in [-0.4, -0.2) is 26.8 Å². The standard InChI is InChI=1S/C13H11Br2N3O3/c1-18-6-8(5-16-18)11(13(20)21)17-12(19)7-2-9(14)4-10(15)3-7/h2-6,11H,1H3,(H,17,19)(H,20,21). The first-order valence-electron chi connectivity index (χ1n) is 5.85. The van der Waals surface area contributed by atoms with Crippen molar-refractivity contribution >= 4 is 43.7 Å². The summed E-state index contributed by atoms with van der Waals surface area (Å²) in [5.41, 5.74) is 0.763. The van der Waals surface area contributed by atoms with E-state index in [1.807, 2.05) is 0 Å². The van der Waals surface area contributed by atoms with E-state index >= 15 is 0 Å². The number of nitrogens with one attached hydrogen (secondary N) is 1. The minimum absolute atomic E-state index is 0.353. The fourth-order valence-corrected chi connectivity index (χ4v) is 3.07. The van der Waals surface area contributed by atoms with Crippen molar-refractivity contribution in [3.8, 4) is 0 Å². The Morgan fingerprint density at radius 3 is 2.38 bits per heavy atom. The van der Waals surface area contributed by atoms with Crippen molar-refractivity contribution in [2.24, 2.45) is 7.05 Å². The third-order valence-electron chi connectivity index (χ3n) is 2.71. The molecule has 1 unspecified atom stereocenters. The third-order valence-corrected chi connectivity index (χ3v) is 3.62. The molecule has 0 spiro atoms. The maximum atomic E-state index is 12.2. The lowest BCUT2D eigenvalue weighted by molar-refractivity contribution is -0.139. The molecular weight excluding hydrogens is 406 g/mol. The Morgan fingerprint density at radius 2 is 1.90 bits per heavy atom. The second kappa shape index (κ2) is 6.40. The Balaban J connectivity index is 2.24. The second-order valence-electron chi connectivity index (χ2n) is 4.35. The maximum Gasteiger partial charge on any atom is 0.331 e. The molecule has 0 aliphatic heterocycles. The van der Waals surface area contributed by atoms with Crippen LogP contribution in [0.4, 0.5) is 0 Å². The van der Waals surface area contributed by atoms with Crippen LogP contribution in [0, 0.1) is 0 Å². The zero-order valence-corrected chi connectivity index (χ0v) is 14.1. The second-order valence-corrected chi connectivity index (χ2v) is 6.18. The quantitative estimate of drug-likeness (QED) is 0.801. The van der Waals surface area contributed by atoms with Crippen LogP contribution >= 0.6 is 31.9 Å². The molecule has 0 bridgehead atoms. The number of rotatable bonds is 4. The van der Waals surface area contributed by atoms with E-state index in [2.05, 4.69) is 42.3 Å². The van der Waals surface area contributed by atoms with Crippen LogP contribution < -0.4 is 5.32 Å². The predicted molar refractivity (Wildman–Crippen MR) is 82.9 cm³/mol. The number of nitrogens with zero attached hydrogens (tertiary/aromatic N) is 2. The van der Waals surface area contributed by atoms with E-state index in [0.717, 1.165) is 8.95 Å². The molecule has 1 atom stereocenters. The van der Waals surface area contributed by atoms with Gasteiger partial charge in [-0.3, -0.25) is 9.48 Å². The maximum absolute atomic E-state index is 12.2. The van der Waals surface area contributed by atoms with Crippen LogP contribution in [0.5, 0.6) is 0 Å². The van der Waals surface area contributed by atoms with Crippen LogP contribution in [0.15, 0.2) is 39.5 Å². The average Bonchev–Trinajstić information content (AvgIpc) is 2.80. The number of benzene rings is 1. The fourth-order valence-electron chi connectivity index (χ4n) is 1.78. The number of hydrogen-bond donors (Lipinski definition) is 2. The molecule has 2 aromatic rings. The molecule has 2 rings (SSSR count). The van der Waals surface area contributed by atoms with Gasteiger partial charge in [0.1, 0.15) is 0 Å². The average molecular weight is 417 g/mol. The summed E-state index contributed by atoms with van der Waals surface area (Å²) in [6.07, 6.45) is 2.96. The topological polar surface area (TPSA) is 84.2 Å². The van der Waals surface area contributed by atoms with Crippen molar-refractivity contribution < 1.29 is 14.7 Å². The van der Waals surface area contributed by atoms with Crippen LogP contribution in [0.2, 0.25) is 0 Å². The Hall–Kier alpha value is -1.67. The lowest BCUT2D eigenvalue weighted by Crippen LogP contribution is -2.33. The van der Waals surface area contributed by atoms with E-state index in [1.165, 1.54) is 10.9 Å². The molecule has 2 N–H and O–H groups in total. The number of aliphatic carboxylic acids is 1. The van der Waals surface area contributed by atoms with E-state index in [1.54, 1.807) is 31.4 Å². The smallest absolute Gasteiger partial charge is 0.331 e. The lowest BCUT2D eigenvalue weighted by atomic mass is 10.1. The highest BCUT2D eigenvalue weighted by Crippen LogP contribution is 2.21. The predicted octanol–water partition coefficient (Wildman–Crippen LogP) is 2.50. The van der Waals surface area contributed by atoms with Gasteiger partial charge < -0.3 is 10.4 Å². The number of carbonyl (C=O) groups is 2. The molecule has 0 fully saturated rings. The molecule has 1 heterocycles. The SMILES string of the molecule is Cn1cc(C(NC(=O)c2cc(Br)cc(Br)c2)C(=O)O)cn1. The van der Waals surface area contributed by atoms with Crippen molar-refractivity contribution in [1.82, 2.24) is 15.1 Å². The summed E-state index contributed by atoms with van der Waals surface area (Å²) in [6.45, 7) is 0. The number of halogens is 2. The summed E-state index contributed by atoms with van der Waals surface area (Å²) < 4.78 is 2.91. The van der Waals surface area contributed by atoms with E-state index in [4.69, 9.17) is 0 Å². The van der Waals surface area contributed by atoms with E-state index in [9.17, 15) is 14.7 Å². The summed E-state index contributed by atoms with van der Waals surface area (Å²) >= 11 is 6.57. The number of aromatic nitrogens is 2. The van der Waals surface area contributed by atoms with Crippen LogP contribution in [0.1, 0.15) is 22.0 Å². The zero-order valence-electron chi connectivity index (χ0n) is 10.9. The number of carbonyl (C=O) groups excluding carboxylic acids is 1. The summed E-state index contributed by atoms with van der Waals surface area (Å²) in [4.78, 5) is 23.5. The molecule has 0 aliphatic rings. The Labute approximate surface area is 137 Å². The molecule has 8 heteroatoms. The Morgan fingerprint density at radius 1 is 1.29 bits per heavy atom. The summed E-state index contributed by atoms with van der Waals surface area (Å²) in [5, 5.41) is 15.7. The first kappa shape index (κ1) is 15.7. The van der Waals surface area contributed by atoms with Gasteiger partial charge in [0.2, 0.25) is 0 Å². The molecule has 110 valence electrons. The van der Waals surface area contributed by atoms with Gasteiger partial charge in [-0.25, -0.2) is 4.79 Å². The molecule has 21 heavy (non-hydrogen) atoms. The minimum atomic E-state index is -1.15. The Bertz CT molecular complexity index is 679. The van der Waals surface area contributed by atoms with Gasteiger partial charge in [0.05, 0.1) is 6.20 Å².